The summed E-state index contributed by atoms with van der Waals surface area (Å²) in [5.74, 6) is -0.392. The number of rotatable bonds is 6. The van der Waals surface area contributed by atoms with Crippen molar-refractivity contribution in [1.29, 1.82) is 0 Å². The zero-order valence-corrected chi connectivity index (χ0v) is 15.0. The van der Waals surface area contributed by atoms with Gasteiger partial charge in [-0.25, -0.2) is 4.79 Å². The number of nitrogens with zero attached hydrogens (tertiary/aromatic N) is 1. The van der Waals surface area contributed by atoms with E-state index < -0.39 is 11.6 Å². The molecule has 124 valence electrons. The van der Waals surface area contributed by atoms with E-state index in [1.54, 1.807) is 0 Å². The van der Waals surface area contributed by atoms with Gasteiger partial charge in [0, 0.05) is 0 Å². The van der Waals surface area contributed by atoms with Crippen LogP contribution in [0, 0.1) is 11.8 Å². The van der Waals surface area contributed by atoms with Gasteiger partial charge in [0.25, 0.3) is 0 Å². The largest absolute Gasteiger partial charge is 0.458 e. The molecular weight excluding hydrogens is 268 g/mol. The average molecular weight is 300 g/mol. The maximum Gasteiger partial charge on any atom is 0.329 e. The third kappa shape index (κ3) is 6.93. The van der Waals surface area contributed by atoms with Crippen LogP contribution in [-0.2, 0) is 14.3 Å². The van der Waals surface area contributed by atoms with Gasteiger partial charge < -0.3 is 10.1 Å². The molecule has 0 saturated carbocycles. The molecule has 0 aliphatic rings. The second-order valence-corrected chi connectivity index (χ2v) is 7.42. The minimum atomic E-state index is -0.627. The second-order valence-electron chi connectivity index (χ2n) is 7.42. The Balaban J connectivity index is 5.01. The molecule has 1 amide bonds. The summed E-state index contributed by atoms with van der Waals surface area (Å²) in [7, 11) is 3.73. The van der Waals surface area contributed by atoms with Gasteiger partial charge in [-0.05, 0) is 46.7 Å². The molecule has 0 fully saturated rings. The molecule has 0 aromatic heterocycles. The summed E-state index contributed by atoms with van der Waals surface area (Å²) in [6.45, 7) is 13.2. The Morgan fingerprint density at radius 1 is 1.00 bits per heavy atom. The van der Waals surface area contributed by atoms with Crippen LogP contribution in [0.15, 0.2) is 0 Å². The van der Waals surface area contributed by atoms with Crippen molar-refractivity contribution in [2.75, 3.05) is 14.1 Å². The van der Waals surface area contributed by atoms with Crippen LogP contribution < -0.4 is 5.32 Å². The van der Waals surface area contributed by atoms with Crippen molar-refractivity contribution in [2.45, 2.75) is 66.2 Å². The van der Waals surface area contributed by atoms with Crippen molar-refractivity contribution >= 4 is 11.9 Å². The lowest BCUT2D eigenvalue weighted by molar-refractivity contribution is -0.160. The summed E-state index contributed by atoms with van der Waals surface area (Å²) >= 11 is 0. The van der Waals surface area contributed by atoms with E-state index in [1.165, 1.54) is 0 Å². The fraction of sp³-hybridized carbons (Fsp3) is 0.875. The SMILES string of the molecule is CC(C)[C@H](NC(=O)[C@H](C(C)C)N(C)C)C(=O)OC(C)(C)C. The normalized spacial score (nSPS) is 15.2. The third-order valence-electron chi connectivity index (χ3n) is 3.08. The minimum absolute atomic E-state index is 0.0289. The number of carbonyl (C=O) groups is 2. The first-order valence-corrected chi connectivity index (χ1v) is 7.56. The van der Waals surface area contributed by atoms with Crippen molar-refractivity contribution < 1.29 is 14.3 Å². The van der Waals surface area contributed by atoms with E-state index in [0.717, 1.165) is 0 Å². The molecule has 21 heavy (non-hydrogen) atoms. The summed E-state index contributed by atoms with van der Waals surface area (Å²) in [5.41, 5.74) is -0.562. The number of hydrogen-bond donors (Lipinski definition) is 1. The predicted molar refractivity (Wildman–Crippen MR) is 84.9 cm³/mol. The summed E-state index contributed by atoms with van der Waals surface area (Å²) in [4.78, 5) is 26.6. The van der Waals surface area contributed by atoms with Crippen molar-refractivity contribution in [3.8, 4) is 0 Å². The van der Waals surface area contributed by atoms with E-state index in [1.807, 2.05) is 67.5 Å². The molecule has 0 aliphatic carbocycles. The topological polar surface area (TPSA) is 58.6 Å². The van der Waals surface area contributed by atoms with Gasteiger partial charge in [0.05, 0.1) is 6.04 Å². The van der Waals surface area contributed by atoms with Crippen LogP contribution in [0.4, 0.5) is 0 Å². The highest BCUT2D eigenvalue weighted by molar-refractivity contribution is 5.88. The van der Waals surface area contributed by atoms with Gasteiger partial charge >= 0.3 is 5.97 Å². The standard InChI is InChI=1S/C16H32N2O3/c1-10(2)12(15(20)21-16(5,6)7)17-14(19)13(11(3)4)18(8)9/h10-13H,1-9H3,(H,17,19)/t12-,13-/m0/s1. The van der Waals surface area contributed by atoms with E-state index in [2.05, 4.69) is 5.32 Å². The number of esters is 1. The molecule has 5 heteroatoms. The van der Waals surface area contributed by atoms with E-state index in [0.29, 0.717) is 0 Å². The average Bonchev–Trinajstić information content (AvgIpc) is 2.21. The molecule has 0 aliphatic heterocycles. The van der Waals surface area contributed by atoms with Crippen LogP contribution in [0.3, 0.4) is 0 Å². The summed E-state index contributed by atoms with van der Waals surface area (Å²) < 4.78 is 5.40. The first-order chi connectivity index (χ1) is 9.36. The molecule has 5 nitrogen and oxygen atoms in total. The Bertz CT molecular complexity index is 349. The van der Waals surface area contributed by atoms with Crippen molar-refractivity contribution in [3.63, 3.8) is 0 Å². The lowest BCUT2D eigenvalue weighted by atomic mass is 9.99. The molecular formula is C16H32N2O3. The number of nitrogens with one attached hydrogen (secondary N) is 1. The van der Waals surface area contributed by atoms with Crippen molar-refractivity contribution in [2.24, 2.45) is 11.8 Å². The molecule has 0 aromatic carbocycles. The quantitative estimate of drug-likeness (QED) is 0.763. The number of hydrogen-bond acceptors (Lipinski definition) is 4. The number of amides is 1. The Hall–Kier alpha value is -1.10. The summed E-state index contributed by atoms with van der Waals surface area (Å²) in [5, 5.41) is 2.85. The number of ether oxygens (including phenoxy) is 1. The first-order valence-electron chi connectivity index (χ1n) is 7.56. The maximum absolute atomic E-state index is 12.5. The van der Waals surface area contributed by atoms with Gasteiger partial charge in [-0.3, -0.25) is 9.69 Å². The van der Waals surface area contributed by atoms with Crippen LogP contribution in [0.2, 0.25) is 0 Å². The summed E-state index contributed by atoms with van der Waals surface area (Å²) in [6.07, 6.45) is 0. The second kappa shape index (κ2) is 7.78. The fourth-order valence-electron chi connectivity index (χ4n) is 2.24. The van der Waals surface area contributed by atoms with Crippen LogP contribution in [0.1, 0.15) is 48.5 Å². The van der Waals surface area contributed by atoms with Gasteiger partial charge in [-0.2, -0.15) is 0 Å². The molecule has 0 saturated heterocycles. The highest BCUT2D eigenvalue weighted by Crippen LogP contribution is 2.14. The molecule has 2 atom stereocenters. The molecule has 0 aromatic rings. The maximum atomic E-state index is 12.5. The van der Waals surface area contributed by atoms with Crippen LogP contribution >= 0.6 is 0 Å². The molecule has 0 rings (SSSR count). The van der Waals surface area contributed by atoms with Gasteiger partial charge in [-0.1, -0.05) is 27.7 Å². The zero-order valence-electron chi connectivity index (χ0n) is 15.0. The summed E-state index contributed by atoms with van der Waals surface area (Å²) in [6, 6.07) is -0.897. The Kier molecular flexibility index (Phi) is 7.37. The minimum Gasteiger partial charge on any atom is -0.458 e. The molecule has 0 unspecified atom stereocenters. The molecule has 0 bridgehead atoms. The van der Waals surface area contributed by atoms with Gasteiger partial charge in [0.2, 0.25) is 5.91 Å². The molecule has 0 radical (unpaired) electrons. The van der Waals surface area contributed by atoms with E-state index in [4.69, 9.17) is 4.74 Å². The van der Waals surface area contributed by atoms with E-state index >= 15 is 0 Å². The van der Waals surface area contributed by atoms with Crippen LogP contribution in [0.25, 0.3) is 0 Å². The van der Waals surface area contributed by atoms with E-state index in [9.17, 15) is 9.59 Å². The van der Waals surface area contributed by atoms with Gasteiger partial charge in [-0.15, -0.1) is 0 Å². The third-order valence-corrected chi connectivity index (χ3v) is 3.08. The van der Waals surface area contributed by atoms with E-state index in [-0.39, 0.29) is 29.8 Å². The highest BCUT2D eigenvalue weighted by Gasteiger charge is 2.32. The lowest BCUT2D eigenvalue weighted by Gasteiger charge is -2.31. The lowest BCUT2D eigenvalue weighted by Crippen LogP contribution is -2.54. The highest BCUT2D eigenvalue weighted by atomic mass is 16.6. The number of likely N-dealkylation sites (N-methyl/N-ethyl adjacent to an activating group) is 1. The van der Waals surface area contributed by atoms with Crippen molar-refractivity contribution in [3.05, 3.63) is 0 Å². The van der Waals surface area contributed by atoms with Crippen LogP contribution in [-0.4, -0.2) is 48.6 Å². The van der Waals surface area contributed by atoms with Crippen molar-refractivity contribution in [1.82, 2.24) is 10.2 Å². The Morgan fingerprint density at radius 2 is 1.48 bits per heavy atom. The molecule has 1 N–H and O–H groups in total. The monoisotopic (exact) mass is 300 g/mol. The Labute approximate surface area is 129 Å². The Morgan fingerprint density at radius 3 is 1.76 bits per heavy atom. The smallest absolute Gasteiger partial charge is 0.329 e. The fourth-order valence-corrected chi connectivity index (χ4v) is 2.24. The van der Waals surface area contributed by atoms with Crippen LogP contribution in [0.5, 0.6) is 0 Å². The number of carbonyl (C=O) groups excluding carboxylic acids is 2. The molecule has 0 spiro atoms. The van der Waals surface area contributed by atoms with Gasteiger partial charge in [0.15, 0.2) is 0 Å². The predicted octanol–water partition coefficient (Wildman–Crippen LogP) is 2.06. The van der Waals surface area contributed by atoms with Gasteiger partial charge in [0.1, 0.15) is 11.6 Å². The first kappa shape index (κ1) is 19.9. The zero-order chi connectivity index (χ0) is 17.0. The molecule has 0 heterocycles.